The zero-order valence-electron chi connectivity index (χ0n) is 10.6. The van der Waals surface area contributed by atoms with Crippen molar-refractivity contribution in [1.82, 2.24) is 0 Å². The van der Waals surface area contributed by atoms with Gasteiger partial charge in [-0.3, -0.25) is 4.79 Å². The molecule has 0 aliphatic rings. The molecule has 0 spiro atoms. The van der Waals surface area contributed by atoms with Crippen LogP contribution in [0.3, 0.4) is 0 Å². The fraction of sp³-hybridized carbons (Fsp3) is 0.154. The van der Waals surface area contributed by atoms with E-state index < -0.39 is 11.7 Å². The number of rotatable bonds is 2. The van der Waals surface area contributed by atoms with Crippen molar-refractivity contribution in [2.75, 3.05) is 12.8 Å². The van der Waals surface area contributed by atoms with Crippen molar-refractivity contribution < 1.29 is 18.0 Å². The molecule has 20 heavy (non-hydrogen) atoms. The third-order valence-corrected chi connectivity index (χ3v) is 3.50. The summed E-state index contributed by atoms with van der Waals surface area (Å²) in [5, 5.41) is 0. The lowest BCUT2D eigenvalue weighted by Crippen LogP contribution is -2.04. The summed E-state index contributed by atoms with van der Waals surface area (Å²) in [6, 6.07) is 6.43. The molecule has 0 aliphatic heterocycles. The van der Waals surface area contributed by atoms with E-state index in [1.54, 1.807) is 6.07 Å². The number of hydrogen-bond acceptors (Lipinski definition) is 4. The summed E-state index contributed by atoms with van der Waals surface area (Å²) in [6.07, 6.45) is -3.79. The molecular formula is C13H13F3N2OS. The van der Waals surface area contributed by atoms with E-state index in [1.807, 2.05) is 0 Å². The van der Waals surface area contributed by atoms with Gasteiger partial charge in [0.2, 0.25) is 0 Å². The van der Waals surface area contributed by atoms with E-state index in [4.69, 9.17) is 5.73 Å². The van der Waals surface area contributed by atoms with E-state index >= 15 is 0 Å². The molecule has 0 aliphatic carbocycles. The lowest BCUT2D eigenvalue weighted by molar-refractivity contribution is -0.137. The molecule has 7 heteroatoms. The van der Waals surface area contributed by atoms with Crippen LogP contribution in [-0.2, 0) is 6.18 Å². The van der Waals surface area contributed by atoms with Crippen molar-refractivity contribution >= 4 is 23.3 Å². The number of carbonyl (C=O) groups excluding carboxylic acids is 1. The summed E-state index contributed by atoms with van der Waals surface area (Å²) >= 11 is 1.07. The minimum Gasteiger partial charge on any atom is -0.397 e. The molecule has 0 radical (unpaired) electrons. The normalized spacial score (nSPS) is 10.7. The van der Waals surface area contributed by atoms with Crippen molar-refractivity contribution in [3.63, 3.8) is 0 Å². The standard InChI is InChI=1S/C12H8F3NOS.CH5N/c13-12(14,15)8-3-1-2-7(4-8)10-5-9(16)11(6-17)18-10;1-2/h1-6H,16H2;2H2,1H3. The highest BCUT2D eigenvalue weighted by atomic mass is 32.1. The molecule has 4 N–H and O–H groups in total. The van der Waals surface area contributed by atoms with E-state index in [1.165, 1.54) is 19.2 Å². The van der Waals surface area contributed by atoms with E-state index in [0.717, 1.165) is 23.5 Å². The number of anilines is 1. The van der Waals surface area contributed by atoms with Crippen LogP contribution in [0, 0.1) is 0 Å². The number of hydrogen-bond donors (Lipinski definition) is 2. The largest absolute Gasteiger partial charge is 0.416 e. The number of halogens is 3. The van der Waals surface area contributed by atoms with Crippen LogP contribution < -0.4 is 11.5 Å². The predicted molar refractivity (Wildman–Crippen MR) is 74.7 cm³/mol. The van der Waals surface area contributed by atoms with Gasteiger partial charge in [-0.05, 0) is 30.8 Å². The predicted octanol–water partition coefficient (Wildman–Crippen LogP) is 3.40. The second-order valence-corrected chi connectivity index (χ2v) is 4.71. The van der Waals surface area contributed by atoms with Gasteiger partial charge in [0.05, 0.1) is 16.1 Å². The molecule has 108 valence electrons. The van der Waals surface area contributed by atoms with Crippen molar-refractivity contribution in [3.8, 4) is 10.4 Å². The number of nitrogens with two attached hydrogens (primary N) is 2. The van der Waals surface area contributed by atoms with Gasteiger partial charge in [-0.1, -0.05) is 12.1 Å². The molecular weight excluding hydrogens is 289 g/mol. The Morgan fingerprint density at radius 1 is 1.20 bits per heavy atom. The first-order chi connectivity index (χ1) is 9.41. The summed E-state index contributed by atoms with van der Waals surface area (Å²) in [6.45, 7) is 0. The molecule has 0 atom stereocenters. The van der Waals surface area contributed by atoms with Crippen LogP contribution in [-0.4, -0.2) is 13.3 Å². The average Bonchev–Trinajstić information content (AvgIpc) is 2.81. The number of benzene rings is 1. The van der Waals surface area contributed by atoms with Crippen molar-refractivity contribution in [2.24, 2.45) is 5.73 Å². The smallest absolute Gasteiger partial charge is 0.397 e. The van der Waals surface area contributed by atoms with Gasteiger partial charge in [0.25, 0.3) is 0 Å². The molecule has 2 aromatic rings. The zero-order valence-corrected chi connectivity index (χ0v) is 11.4. The number of aldehydes is 1. The Morgan fingerprint density at radius 3 is 2.35 bits per heavy atom. The highest BCUT2D eigenvalue weighted by molar-refractivity contribution is 7.17. The molecule has 2 rings (SSSR count). The molecule has 1 heterocycles. The molecule has 0 saturated heterocycles. The minimum atomic E-state index is -4.38. The summed E-state index contributed by atoms with van der Waals surface area (Å²) in [4.78, 5) is 11.5. The van der Waals surface area contributed by atoms with Crippen LogP contribution in [0.1, 0.15) is 15.2 Å². The van der Waals surface area contributed by atoms with E-state index in [0.29, 0.717) is 21.6 Å². The van der Waals surface area contributed by atoms with E-state index in [2.05, 4.69) is 5.73 Å². The van der Waals surface area contributed by atoms with Gasteiger partial charge in [-0.2, -0.15) is 13.2 Å². The van der Waals surface area contributed by atoms with Crippen LogP contribution in [0.2, 0.25) is 0 Å². The van der Waals surface area contributed by atoms with Gasteiger partial charge < -0.3 is 11.5 Å². The first-order valence-electron chi connectivity index (χ1n) is 5.51. The van der Waals surface area contributed by atoms with Gasteiger partial charge >= 0.3 is 6.18 Å². The summed E-state index contributed by atoms with van der Waals surface area (Å²) in [5.41, 5.74) is 10.0. The van der Waals surface area contributed by atoms with E-state index in [-0.39, 0.29) is 5.69 Å². The lowest BCUT2D eigenvalue weighted by Gasteiger charge is -2.07. The Morgan fingerprint density at radius 2 is 1.85 bits per heavy atom. The van der Waals surface area contributed by atoms with Crippen LogP contribution in [0.4, 0.5) is 18.9 Å². The first kappa shape index (κ1) is 16.2. The SMILES string of the molecule is CN.Nc1cc(-c2cccc(C(F)(F)F)c2)sc1C=O. The Bertz CT molecular complexity index is 594. The second kappa shape index (κ2) is 6.53. The Kier molecular flexibility index (Phi) is 5.29. The fourth-order valence-electron chi connectivity index (χ4n) is 1.50. The monoisotopic (exact) mass is 302 g/mol. The maximum Gasteiger partial charge on any atom is 0.416 e. The Labute approximate surface area is 118 Å². The summed E-state index contributed by atoms with van der Waals surface area (Å²) in [5.74, 6) is 0. The number of alkyl halides is 3. The Hall–Kier alpha value is -1.86. The molecule has 1 aromatic carbocycles. The third-order valence-electron chi connectivity index (χ3n) is 2.37. The minimum absolute atomic E-state index is 0.280. The molecule has 0 bridgehead atoms. The van der Waals surface area contributed by atoms with Crippen molar-refractivity contribution in [3.05, 3.63) is 40.8 Å². The number of nitrogen functional groups attached to an aromatic ring is 1. The average molecular weight is 302 g/mol. The maximum atomic E-state index is 12.6. The quantitative estimate of drug-likeness (QED) is 0.835. The molecule has 1 aromatic heterocycles. The molecule has 0 amide bonds. The highest BCUT2D eigenvalue weighted by Gasteiger charge is 2.30. The van der Waals surface area contributed by atoms with Gasteiger partial charge in [0.15, 0.2) is 6.29 Å². The van der Waals surface area contributed by atoms with Crippen LogP contribution >= 0.6 is 11.3 Å². The lowest BCUT2D eigenvalue weighted by atomic mass is 10.1. The van der Waals surface area contributed by atoms with Crippen molar-refractivity contribution in [1.29, 1.82) is 0 Å². The third kappa shape index (κ3) is 3.58. The van der Waals surface area contributed by atoms with Gasteiger partial charge in [0, 0.05) is 4.88 Å². The maximum absolute atomic E-state index is 12.6. The number of thiophene rings is 1. The summed E-state index contributed by atoms with van der Waals surface area (Å²) in [7, 11) is 1.50. The topological polar surface area (TPSA) is 69.1 Å². The van der Waals surface area contributed by atoms with Gasteiger partial charge in [-0.15, -0.1) is 11.3 Å². The fourth-order valence-corrected chi connectivity index (χ4v) is 2.39. The summed E-state index contributed by atoms with van der Waals surface area (Å²) < 4.78 is 37.7. The Balaban J connectivity index is 0.000000956. The van der Waals surface area contributed by atoms with Gasteiger partial charge in [-0.25, -0.2) is 0 Å². The zero-order chi connectivity index (χ0) is 15.3. The van der Waals surface area contributed by atoms with Crippen LogP contribution in [0.5, 0.6) is 0 Å². The number of carbonyl (C=O) groups is 1. The second-order valence-electron chi connectivity index (χ2n) is 3.63. The van der Waals surface area contributed by atoms with E-state index in [9.17, 15) is 18.0 Å². The van der Waals surface area contributed by atoms with Crippen LogP contribution in [0.25, 0.3) is 10.4 Å². The highest BCUT2D eigenvalue weighted by Crippen LogP contribution is 2.36. The van der Waals surface area contributed by atoms with Gasteiger partial charge in [0.1, 0.15) is 0 Å². The van der Waals surface area contributed by atoms with Crippen LogP contribution in [0.15, 0.2) is 30.3 Å². The molecule has 3 nitrogen and oxygen atoms in total. The van der Waals surface area contributed by atoms with Crippen molar-refractivity contribution in [2.45, 2.75) is 6.18 Å². The first-order valence-corrected chi connectivity index (χ1v) is 6.33. The molecule has 0 saturated carbocycles. The molecule has 0 fully saturated rings. The molecule has 0 unspecified atom stereocenters.